The van der Waals surface area contributed by atoms with E-state index < -0.39 is 0 Å². The van der Waals surface area contributed by atoms with Crippen molar-refractivity contribution in [3.63, 3.8) is 0 Å². The zero-order valence-corrected chi connectivity index (χ0v) is 16.5. The molecule has 8 nitrogen and oxygen atoms in total. The molecular weight excluding hydrogens is 358 g/mol. The Kier molecular flexibility index (Phi) is 5.71. The molecular formula is C20H26N5O3-. The van der Waals surface area contributed by atoms with E-state index in [1.54, 1.807) is 28.9 Å². The summed E-state index contributed by atoms with van der Waals surface area (Å²) in [6.45, 7) is 7.70. The molecule has 1 aromatic carbocycles. The zero-order valence-electron chi connectivity index (χ0n) is 16.5. The molecule has 8 heteroatoms. The molecule has 2 atom stereocenters. The molecule has 1 aliphatic carbocycles. The lowest BCUT2D eigenvalue weighted by Gasteiger charge is -2.24. The molecule has 2 aromatic rings. The fourth-order valence-electron chi connectivity index (χ4n) is 3.72. The molecule has 3 rings (SSSR count). The third kappa shape index (κ3) is 4.02. The zero-order chi connectivity index (χ0) is 20.4. The molecule has 1 aliphatic rings. The molecule has 0 saturated heterocycles. The average molecular weight is 384 g/mol. The predicted octanol–water partition coefficient (Wildman–Crippen LogP) is 3.30. The number of hydrogen-bond acceptors (Lipinski definition) is 5. The van der Waals surface area contributed by atoms with E-state index in [1.807, 2.05) is 33.8 Å². The largest absolute Gasteiger partial charge is 0.733 e. The first-order chi connectivity index (χ1) is 13.3. The highest BCUT2D eigenvalue weighted by Gasteiger charge is 2.27. The summed E-state index contributed by atoms with van der Waals surface area (Å²) in [7, 11) is 0. The van der Waals surface area contributed by atoms with E-state index in [2.05, 4.69) is 21.8 Å². The highest BCUT2D eigenvalue weighted by Crippen LogP contribution is 2.35. The summed E-state index contributed by atoms with van der Waals surface area (Å²) >= 11 is 0. The number of allylic oxidation sites excluding steroid dienone is 1. The fraction of sp³-hybridized carbons (Fsp3) is 0.400. The number of carbonyl (C=O) groups excluding carboxylic acids is 1. The number of nitrogens with zero attached hydrogens (tertiary/aromatic N) is 3. The minimum Gasteiger partial charge on any atom is -0.733 e. The van der Waals surface area contributed by atoms with Gasteiger partial charge >= 0.3 is 6.03 Å². The van der Waals surface area contributed by atoms with Gasteiger partial charge in [0.2, 0.25) is 0 Å². The van der Waals surface area contributed by atoms with Gasteiger partial charge < -0.3 is 21.1 Å². The minimum absolute atomic E-state index is 0.0484. The first-order valence-electron chi connectivity index (χ1n) is 9.35. The van der Waals surface area contributed by atoms with E-state index in [4.69, 9.17) is 0 Å². The van der Waals surface area contributed by atoms with Gasteiger partial charge in [0.05, 0.1) is 17.1 Å². The molecule has 1 aromatic heterocycles. The van der Waals surface area contributed by atoms with Gasteiger partial charge in [0.1, 0.15) is 0 Å². The number of nitrogens with one attached hydrogen (secondary N) is 2. The van der Waals surface area contributed by atoms with E-state index >= 15 is 0 Å². The van der Waals surface area contributed by atoms with Gasteiger partial charge in [-0.2, -0.15) is 5.10 Å². The SMILES string of the molecule is Cc1nn(-c2ccccc2N([O-])O)c(C)c1C1C=CC(NC(=O)NC(C)C)C1. The lowest BCUT2D eigenvalue weighted by Crippen LogP contribution is -2.43. The van der Waals surface area contributed by atoms with E-state index in [0.29, 0.717) is 5.69 Å². The molecule has 0 aliphatic heterocycles. The van der Waals surface area contributed by atoms with Crippen LogP contribution in [-0.4, -0.2) is 33.1 Å². The molecule has 0 spiro atoms. The van der Waals surface area contributed by atoms with Crippen LogP contribution in [0.25, 0.3) is 5.69 Å². The average Bonchev–Trinajstić information content (AvgIpc) is 3.17. The van der Waals surface area contributed by atoms with Crippen LogP contribution in [0.4, 0.5) is 10.5 Å². The first-order valence-corrected chi connectivity index (χ1v) is 9.35. The van der Waals surface area contributed by atoms with Gasteiger partial charge in [0, 0.05) is 29.3 Å². The van der Waals surface area contributed by atoms with Gasteiger partial charge in [0.15, 0.2) is 0 Å². The normalized spacial score (nSPS) is 18.5. The van der Waals surface area contributed by atoms with E-state index in [0.717, 1.165) is 23.4 Å². The van der Waals surface area contributed by atoms with Crippen LogP contribution in [0.3, 0.4) is 0 Å². The van der Waals surface area contributed by atoms with Crippen LogP contribution in [0.1, 0.15) is 43.1 Å². The number of amides is 2. The Morgan fingerprint density at radius 2 is 2.04 bits per heavy atom. The monoisotopic (exact) mass is 384 g/mol. The van der Waals surface area contributed by atoms with Crippen molar-refractivity contribution in [3.8, 4) is 5.69 Å². The Bertz CT molecular complexity index is 888. The molecule has 3 N–H and O–H groups in total. The Hall–Kier alpha value is -2.84. The number of benzene rings is 1. The number of hydrogen-bond donors (Lipinski definition) is 3. The van der Waals surface area contributed by atoms with Crippen LogP contribution < -0.4 is 15.9 Å². The molecule has 0 saturated carbocycles. The topological polar surface area (TPSA) is 105 Å². The van der Waals surface area contributed by atoms with E-state index in [9.17, 15) is 15.2 Å². The summed E-state index contributed by atoms with van der Waals surface area (Å²) in [4.78, 5) is 11.9. The molecule has 0 fully saturated rings. The van der Waals surface area contributed by atoms with E-state index in [-0.39, 0.29) is 34.9 Å². The van der Waals surface area contributed by atoms with Crippen LogP contribution in [-0.2, 0) is 0 Å². The van der Waals surface area contributed by atoms with Gasteiger partial charge in [-0.1, -0.05) is 24.3 Å². The number of urea groups is 1. The Labute approximate surface area is 164 Å². The highest BCUT2D eigenvalue weighted by atomic mass is 16.8. The van der Waals surface area contributed by atoms with Gasteiger partial charge in [-0.05, 0) is 46.2 Å². The van der Waals surface area contributed by atoms with Crippen molar-refractivity contribution in [2.45, 2.75) is 52.1 Å². The molecule has 0 radical (unpaired) electrons. The van der Waals surface area contributed by atoms with Gasteiger partial charge in [-0.25, -0.2) is 9.48 Å². The van der Waals surface area contributed by atoms with Crippen molar-refractivity contribution in [1.29, 1.82) is 0 Å². The summed E-state index contributed by atoms with van der Waals surface area (Å²) in [5.41, 5.74) is 3.46. The van der Waals surface area contributed by atoms with Crippen molar-refractivity contribution >= 4 is 11.7 Å². The van der Waals surface area contributed by atoms with Crippen molar-refractivity contribution in [2.24, 2.45) is 0 Å². The minimum atomic E-state index is -0.179. The Morgan fingerprint density at radius 3 is 2.71 bits per heavy atom. The third-order valence-electron chi connectivity index (χ3n) is 4.85. The molecule has 2 amide bonds. The number of carbonyl (C=O) groups is 1. The maximum absolute atomic E-state index is 11.9. The van der Waals surface area contributed by atoms with Gasteiger partial charge in [-0.3, -0.25) is 5.21 Å². The number of para-hydroxylation sites is 2. The third-order valence-corrected chi connectivity index (χ3v) is 4.85. The second-order valence-electron chi connectivity index (χ2n) is 7.36. The number of anilines is 1. The quantitative estimate of drug-likeness (QED) is 0.542. The number of aromatic nitrogens is 2. The lowest BCUT2D eigenvalue weighted by atomic mass is 9.96. The Morgan fingerprint density at radius 1 is 1.32 bits per heavy atom. The molecule has 2 unspecified atom stereocenters. The van der Waals surface area contributed by atoms with Crippen LogP contribution in [0.2, 0.25) is 0 Å². The lowest BCUT2D eigenvalue weighted by molar-refractivity contribution is 0.236. The van der Waals surface area contributed by atoms with Gasteiger partial charge in [0.25, 0.3) is 0 Å². The summed E-state index contributed by atoms with van der Waals surface area (Å²) in [5.74, 6) is 0.114. The first kappa shape index (κ1) is 19.9. The predicted molar refractivity (Wildman–Crippen MR) is 108 cm³/mol. The van der Waals surface area contributed by atoms with Crippen molar-refractivity contribution in [1.82, 2.24) is 20.4 Å². The van der Waals surface area contributed by atoms with Crippen LogP contribution in [0, 0.1) is 19.1 Å². The summed E-state index contributed by atoms with van der Waals surface area (Å²) < 4.78 is 1.68. The fourth-order valence-corrected chi connectivity index (χ4v) is 3.72. The molecule has 28 heavy (non-hydrogen) atoms. The maximum atomic E-state index is 11.9. The van der Waals surface area contributed by atoms with Gasteiger partial charge in [-0.15, -0.1) is 0 Å². The summed E-state index contributed by atoms with van der Waals surface area (Å²) in [6.07, 6.45) is 4.83. The van der Waals surface area contributed by atoms with E-state index in [1.165, 1.54) is 0 Å². The second kappa shape index (κ2) is 8.04. The summed E-state index contributed by atoms with van der Waals surface area (Å²) in [5, 5.41) is 31.2. The highest BCUT2D eigenvalue weighted by molar-refractivity contribution is 5.74. The molecule has 150 valence electrons. The van der Waals surface area contributed by atoms with Crippen molar-refractivity contribution < 1.29 is 10.0 Å². The maximum Gasteiger partial charge on any atom is 0.315 e. The Balaban J connectivity index is 1.83. The summed E-state index contributed by atoms with van der Waals surface area (Å²) in [6, 6.07) is 6.61. The smallest absolute Gasteiger partial charge is 0.315 e. The molecule has 1 heterocycles. The van der Waals surface area contributed by atoms with Crippen LogP contribution >= 0.6 is 0 Å². The standard InChI is InChI=1S/C20H26N5O3/c1-12(2)21-20(26)22-16-10-9-15(11-16)19-13(3)23-24(14(19)4)17-7-5-6-8-18(17)25(27)28/h5-10,12,15-16,27H,11H2,1-4H3,(H2,21,22,26)/q-1. The van der Waals surface area contributed by atoms with Crippen molar-refractivity contribution in [3.05, 3.63) is 58.6 Å². The van der Waals surface area contributed by atoms with Crippen molar-refractivity contribution in [2.75, 3.05) is 5.23 Å². The number of aryl methyl sites for hydroxylation is 1. The van der Waals surface area contributed by atoms with Crippen LogP contribution in [0.5, 0.6) is 0 Å². The second-order valence-corrected chi connectivity index (χ2v) is 7.36. The molecule has 0 bridgehead atoms. The van der Waals surface area contributed by atoms with Crippen LogP contribution in [0.15, 0.2) is 36.4 Å². The number of rotatable bonds is 5.